The second-order valence-electron chi connectivity index (χ2n) is 4.61. The van der Waals surface area contributed by atoms with Crippen molar-refractivity contribution in [2.24, 2.45) is 0 Å². The van der Waals surface area contributed by atoms with Crippen LogP contribution in [0.5, 0.6) is 0 Å². The fourth-order valence-electron chi connectivity index (χ4n) is 2.02. The van der Waals surface area contributed by atoms with Crippen molar-refractivity contribution in [3.63, 3.8) is 0 Å². The van der Waals surface area contributed by atoms with E-state index in [2.05, 4.69) is 31.2 Å². The Labute approximate surface area is 116 Å². The van der Waals surface area contributed by atoms with Crippen molar-refractivity contribution in [1.82, 2.24) is 15.1 Å². The summed E-state index contributed by atoms with van der Waals surface area (Å²) in [5.41, 5.74) is 3.65. The van der Waals surface area contributed by atoms with Gasteiger partial charge in [-0.15, -0.1) is 0 Å². The molecule has 1 aromatic heterocycles. The van der Waals surface area contributed by atoms with Crippen LogP contribution in [-0.2, 0) is 22.6 Å². The molecule has 0 aliphatic heterocycles. The molecule has 0 aliphatic carbocycles. The van der Waals surface area contributed by atoms with Crippen LogP contribution >= 0.6 is 0 Å². The third-order valence-corrected chi connectivity index (χ3v) is 3.17. The van der Waals surface area contributed by atoms with Gasteiger partial charge in [-0.05, 0) is 26.8 Å². The van der Waals surface area contributed by atoms with Crippen molar-refractivity contribution in [1.29, 1.82) is 0 Å². The molecule has 5 heteroatoms. The van der Waals surface area contributed by atoms with Gasteiger partial charge in [0.2, 0.25) is 0 Å². The number of aryl methyl sites for hydroxylation is 1. The summed E-state index contributed by atoms with van der Waals surface area (Å²) in [6.07, 6.45) is 0.944. The first kappa shape index (κ1) is 16.1. The highest BCUT2D eigenvalue weighted by atomic mass is 16.5. The van der Waals surface area contributed by atoms with Gasteiger partial charge in [0.1, 0.15) is 0 Å². The fraction of sp³-hybridized carbons (Fsp3) is 0.786. The van der Waals surface area contributed by atoms with E-state index in [1.54, 1.807) is 7.11 Å². The molecule has 0 radical (unpaired) electrons. The molecule has 19 heavy (non-hydrogen) atoms. The molecule has 0 atom stereocenters. The van der Waals surface area contributed by atoms with Crippen molar-refractivity contribution in [2.45, 2.75) is 40.3 Å². The Kier molecular flexibility index (Phi) is 7.70. The lowest BCUT2D eigenvalue weighted by Gasteiger charge is -2.07. The van der Waals surface area contributed by atoms with Gasteiger partial charge in [-0.1, -0.05) is 6.92 Å². The topological polar surface area (TPSA) is 48.3 Å². The van der Waals surface area contributed by atoms with Crippen molar-refractivity contribution >= 4 is 0 Å². The van der Waals surface area contributed by atoms with Crippen molar-refractivity contribution in [3.8, 4) is 0 Å². The van der Waals surface area contributed by atoms with E-state index in [0.29, 0.717) is 6.61 Å². The molecule has 0 bridgehead atoms. The molecule has 1 heterocycles. The lowest BCUT2D eigenvalue weighted by molar-refractivity contribution is 0.0958. The van der Waals surface area contributed by atoms with Gasteiger partial charge in [0, 0.05) is 38.1 Å². The number of hydrogen-bond donors (Lipinski definition) is 1. The predicted molar refractivity (Wildman–Crippen MR) is 76.4 cm³/mol. The number of hydrogen-bond acceptors (Lipinski definition) is 4. The van der Waals surface area contributed by atoms with E-state index < -0.39 is 0 Å². The molecule has 1 aromatic rings. The summed E-state index contributed by atoms with van der Waals surface area (Å²) in [7, 11) is 1.71. The minimum Gasteiger partial charge on any atom is -0.385 e. The van der Waals surface area contributed by atoms with Crippen molar-refractivity contribution < 1.29 is 9.47 Å². The maximum Gasteiger partial charge on any atom is 0.0662 e. The number of nitrogens with one attached hydrogen (secondary N) is 1. The second kappa shape index (κ2) is 9.07. The van der Waals surface area contributed by atoms with Gasteiger partial charge in [-0.3, -0.25) is 4.68 Å². The van der Waals surface area contributed by atoms with E-state index in [1.165, 1.54) is 11.3 Å². The van der Waals surface area contributed by atoms with E-state index in [9.17, 15) is 0 Å². The Morgan fingerprint density at radius 1 is 1.21 bits per heavy atom. The average molecular weight is 269 g/mol. The van der Waals surface area contributed by atoms with Crippen LogP contribution < -0.4 is 5.32 Å². The Bertz CT molecular complexity index is 364. The maximum absolute atomic E-state index is 5.57. The number of nitrogens with zero attached hydrogens (tertiary/aromatic N) is 2. The first-order chi connectivity index (χ1) is 9.20. The standard InChI is InChI=1S/C14H27N3O2/c1-5-15-11-14-12(2)16-17(13(14)3)7-10-19-9-6-8-18-4/h15H,5-11H2,1-4H3. The molecule has 0 amide bonds. The van der Waals surface area contributed by atoms with Gasteiger partial charge >= 0.3 is 0 Å². The van der Waals surface area contributed by atoms with Crippen LogP contribution in [0, 0.1) is 13.8 Å². The minimum absolute atomic E-state index is 0.701. The summed E-state index contributed by atoms with van der Waals surface area (Å²) in [4.78, 5) is 0. The van der Waals surface area contributed by atoms with Crippen molar-refractivity contribution in [2.75, 3.05) is 33.5 Å². The summed E-state index contributed by atoms with van der Waals surface area (Å²) >= 11 is 0. The molecule has 0 spiro atoms. The Hall–Kier alpha value is -0.910. The third-order valence-electron chi connectivity index (χ3n) is 3.17. The van der Waals surface area contributed by atoms with Gasteiger partial charge in [0.15, 0.2) is 0 Å². The molecule has 110 valence electrons. The molecule has 0 fully saturated rings. The SMILES string of the molecule is CCNCc1c(C)nn(CCOCCCOC)c1C. The smallest absolute Gasteiger partial charge is 0.0662 e. The summed E-state index contributed by atoms with van der Waals surface area (Å²) < 4.78 is 12.6. The molecular formula is C14H27N3O2. The summed E-state index contributed by atoms with van der Waals surface area (Å²) in [5.74, 6) is 0. The number of methoxy groups -OCH3 is 1. The second-order valence-corrected chi connectivity index (χ2v) is 4.61. The summed E-state index contributed by atoms with van der Waals surface area (Å²) in [6, 6.07) is 0. The van der Waals surface area contributed by atoms with E-state index in [4.69, 9.17) is 9.47 Å². The first-order valence-corrected chi connectivity index (χ1v) is 7.01. The summed E-state index contributed by atoms with van der Waals surface area (Å²) in [6.45, 7) is 11.2. The van der Waals surface area contributed by atoms with E-state index in [0.717, 1.165) is 45.0 Å². The highest BCUT2D eigenvalue weighted by Gasteiger charge is 2.10. The number of aromatic nitrogens is 2. The van der Waals surface area contributed by atoms with E-state index in [-0.39, 0.29) is 0 Å². The Balaban J connectivity index is 2.37. The lowest BCUT2D eigenvalue weighted by atomic mass is 10.2. The predicted octanol–water partition coefficient (Wildman–Crippen LogP) is 1.66. The zero-order valence-electron chi connectivity index (χ0n) is 12.7. The molecular weight excluding hydrogens is 242 g/mol. The van der Waals surface area contributed by atoms with Crippen LogP contribution in [0.2, 0.25) is 0 Å². The molecule has 1 N–H and O–H groups in total. The number of rotatable bonds is 10. The zero-order valence-corrected chi connectivity index (χ0v) is 12.7. The van der Waals surface area contributed by atoms with Crippen LogP contribution in [-0.4, -0.2) is 43.3 Å². The molecule has 0 aliphatic rings. The Morgan fingerprint density at radius 2 is 2.00 bits per heavy atom. The summed E-state index contributed by atoms with van der Waals surface area (Å²) in [5, 5.41) is 7.92. The molecule has 0 saturated heterocycles. The fourth-order valence-corrected chi connectivity index (χ4v) is 2.02. The third kappa shape index (κ3) is 5.30. The molecule has 0 saturated carbocycles. The average Bonchev–Trinajstić information content (AvgIpc) is 2.67. The number of ether oxygens (including phenoxy) is 2. The van der Waals surface area contributed by atoms with Gasteiger partial charge in [-0.2, -0.15) is 5.10 Å². The van der Waals surface area contributed by atoms with Crippen molar-refractivity contribution in [3.05, 3.63) is 17.0 Å². The molecule has 0 unspecified atom stereocenters. The highest BCUT2D eigenvalue weighted by molar-refractivity contribution is 5.24. The van der Waals surface area contributed by atoms with E-state index >= 15 is 0 Å². The van der Waals surface area contributed by atoms with Crippen LogP contribution in [0.15, 0.2) is 0 Å². The quantitative estimate of drug-likeness (QED) is 0.656. The molecule has 5 nitrogen and oxygen atoms in total. The molecule has 1 rings (SSSR count). The zero-order chi connectivity index (χ0) is 14.1. The van der Waals surface area contributed by atoms with Crippen LogP contribution in [0.4, 0.5) is 0 Å². The van der Waals surface area contributed by atoms with Gasteiger partial charge in [-0.25, -0.2) is 0 Å². The first-order valence-electron chi connectivity index (χ1n) is 7.01. The largest absolute Gasteiger partial charge is 0.385 e. The van der Waals surface area contributed by atoms with Crippen LogP contribution in [0.3, 0.4) is 0 Å². The Morgan fingerprint density at radius 3 is 2.68 bits per heavy atom. The van der Waals surface area contributed by atoms with Gasteiger partial charge in [0.05, 0.1) is 18.8 Å². The van der Waals surface area contributed by atoms with Gasteiger partial charge in [0.25, 0.3) is 0 Å². The monoisotopic (exact) mass is 269 g/mol. The van der Waals surface area contributed by atoms with E-state index in [1.807, 2.05) is 4.68 Å². The van der Waals surface area contributed by atoms with Crippen LogP contribution in [0.25, 0.3) is 0 Å². The molecule has 0 aromatic carbocycles. The minimum atomic E-state index is 0.701. The lowest BCUT2D eigenvalue weighted by Crippen LogP contribution is -2.14. The van der Waals surface area contributed by atoms with Crippen LogP contribution in [0.1, 0.15) is 30.3 Å². The maximum atomic E-state index is 5.57. The normalized spacial score (nSPS) is 11.2. The van der Waals surface area contributed by atoms with Gasteiger partial charge < -0.3 is 14.8 Å². The highest BCUT2D eigenvalue weighted by Crippen LogP contribution is 2.12.